The number of aliphatic carboxylic acids is 3. The van der Waals surface area contributed by atoms with Crippen LogP contribution in [0.4, 0.5) is 9.18 Å². The molecule has 0 spiro atoms. The van der Waals surface area contributed by atoms with Gasteiger partial charge in [-0.2, -0.15) is 0 Å². The standard InChI is InChI=1S/C20H28FN3O7/c1-24(20(31)23-15(18(27)28)9-10-17(25)26)16(19(29)30)4-2-3-11-22-12-13-5-7-14(21)8-6-13/h5-8,15-16,22H,2-4,9-12H2,1H3,(H,23,31)(H,25,26)(H,27,28)(H,29,30)/t15-,16?/m0/s1. The maximum Gasteiger partial charge on any atom is 0.326 e. The van der Waals surface area contributed by atoms with Crippen LogP contribution < -0.4 is 10.6 Å². The zero-order valence-corrected chi connectivity index (χ0v) is 17.2. The van der Waals surface area contributed by atoms with Gasteiger partial charge in [0, 0.05) is 20.0 Å². The first-order valence-electron chi connectivity index (χ1n) is 9.77. The summed E-state index contributed by atoms with van der Waals surface area (Å²) < 4.78 is 12.9. The van der Waals surface area contributed by atoms with E-state index >= 15 is 0 Å². The summed E-state index contributed by atoms with van der Waals surface area (Å²) >= 11 is 0. The molecule has 0 heterocycles. The van der Waals surface area contributed by atoms with Crippen molar-refractivity contribution in [2.24, 2.45) is 0 Å². The molecule has 1 aromatic carbocycles. The van der Waals surface area contributed by atoms with Gasteiger partial charge in [0.15, 0.2) is 0 Å². The normalized spacial score (nSPS) is 12.6. The van der Waals surface area contributed by atoms with Crippen molar-refractivity contribution in [1.29, 1.82) is 0 Å². The molecule has 0 saturated heterocycles. The average molecular weight is 441 g/mol. The molecule has 0 aromatic heterocycles. The Morgan fingerprint density at radius 2 is 1.65 bits per heavy atom. The van der Waals surface area contributed by atoms with Crippen LogP contribution in [0.15, 0.2) is 24.3 Å². The van der Waals surface area contributed by atoms with Crippen LogP contribution in [0.2, 0.25) is 0 Å². The lowest BCUT2D eigenvalue weighted by Gasteiger charge is -2.26. The van der Waals surface area contributed by atoms with E-state index in [-0.39, 0.29) is 18.7 Å². The summed E-state index contributed by atoms with van der Waals surface area (Å²) in [7, 11) is 1.25. The van der Waals surface area contributed by atoms with Crippen molar-refractivity contribution in [3.8, 4) is 0 Å². The quantitative estimate of drug-likeness (QED) is 0.272. The van der Waals surface area contributed by atoms with Gasteiger partial charge in [-0.3, -0.25) is 4.79 Å². The molecule has 172 valence electrons. The van der Waals surface area contributed by atoms with Crippen LogP contribution in [0.5, 0.6) is 0 Å². The fourth-order valence-corrected chi connectivity index (χ4v) is 2.82. The van der Waals surface area contributed by atoms with Crippen LogP contribution in [0.1, 0.15) is 37.7 Å². The van der Waals surface area contributed by atoms with Crippen molar-refractivity contribution >= 4 is 23.9 Å². The zero-order chi connectivity index (χ0) is 23.4. The molecule has 0 bridgehead atoms. The first kappa shape index (κ1) is 25.8. The second-order valence-corrected chi connectivity index (χ2v) is 7.04. The number of nitrogens with zero attached hydrogens (tertiary/aromatic N) is 1. The van der Waals surface area contributed by atoms with Gasteiger partial charge in [-0.15, -0.1) is 0 Å². The van der Waals surface area contributed by atoms with Crippen LogP contribution in [0, 0.1) is 5.82 Å². The van der Waals surface area contributed by atoms with Crippen LogP contribution in [0.25, 0.3) is 0 Å². The van der Waals surface area contributed by atoms with Gasteiger partial charge in [-0.1, -0.05) is 12.1 Å². The number of carboxylic acids is 3. The van der Waals surface area contributed by atoms with Crippen molar-refractivity contribution < 1.29 is 38.9 Å². The van der Waals surface area contributed by atoms with E-state index in [1.807, 2.05) is 0 Å². The van der Waals surface area contributed by atoms with E-state index in [2.05, 4.69) is 10.6 Å². The predicted octanol–water partition coefficient (Wildman–Crippen LogP) is 1.50. The van der Waals surface area contributed by atoms with E-state index < -0.39 is 42.4 Å². The number of likely N-dealkylation sites (N-methyl/N-ethyl adjacent to an activating group) is 1. The van der Waals surface area contributed by atoms with Gasteiger partial charge in [-0.05, 0) is 49.9 Å². The first-order valence-corrected chi connectivity index (χ1v) is 9.77. The van der Waals surface area contributed by atoms with Crippen molar-refractivity contribution in [1.82, 2.24) is 15.5 Å². The van der Waals surface area contributed by atoms with Gasteiger partial charge in [0.1, 0.15) is 17.9 Å². The second-order valence-electron chi connectivity index (χ2n) is 7.04. The fraction of sp³-hybridized carbons (Fsp3) is 0.500. The SMILES string of the molecule is CN(C(=O)N[C@@H](CCC(=O)O)C(=O)O)C(CCCCNCc1ccc(F)cc1)C(=O)O. The van der Waals surface area contributed by atoms with Crippen LogP contribution in [0.3, 0.4) is 0 Å². The summed E-state index contributed by atoms with van der Waals surface area (Å²) in [6.07, 6.45) is 0.517. The maximum absolute atomic E-state index is 12.9. The third kappa shape index (κ3) is 9.90. The van der Waals surface area contributed by atoms with Gasteiger partial charge < -0.3 is 30.9 Å². The Hall–Kier alpha value is -3.21. The molecule has 1 aromatic rings. The molecular weight excluding hydrogens is 413 g/mol. The summed E-state index contributed by atoms with van der Waals surface area (Å²) in [5.74, 6) is -4.14. The molecule has 0 aliphatic heterocycles. The molecule has 5 N–H and O–H groups in total. The molecule has 11 heteroatoms. The number of unbranched alkanes of at least 4 members (excludes halogenated alkanes) is 1. The Balaban J connectivity index is 2.45. The third-order valence-corrected chi connectivity index (χ3v) is 4.64. The van der Waals surface area contributed by atoms with E-state index in [4.69, 9.17) is 10.2 Å². The van der Waals surface area contributed by atoms with Crippen LogP contribution in [-0.4, -0.2) is 69.8 Å². The lowest BCUT2D eigenvalue weighted by molar-refractivity contribution is -0.142. The topological polar surface area (TPSA) is 156 Å². The van der Waals surface area contributed by atoms with E-state index in [9.17, 15) is 28.7 Å². The minimum Gasteiger partial charge on any atom is -0.481 e. The molecule has 1 rings (SSSR count). The highest BCUT2D eigenvalue weighted by atomic mass is 19.1. The molecule has 10 nitrogen and oxygen atoms in total. The highest BCUT2D eigenvalue weighted by Gasteiger charge is 2.29. The molecule has 0 aliphatic carbocycles. The van der Waals surface area contributed by atoms with E-state index in [0.29, 0.717) is 25.9 Å². The number of carbonyl (C=O) groups is 4. The van der Waals surface area contributed by atoms with Crippen LogP contribution in [-0.2, 0) is 20.9 Å². The molecule has 31 heavy (non-hydrogen) atoms. The number of rotatable bonds is 14. The van der Waals surface area contributed by atoms with Crippen LogP contribution >= 0.6 is 0 Å². The van der Waals surface area contributed by atoms with E-state index in [1.165, 1.54) is 19.2 Å². The number of carboxylic acid groups (broad SMARTS) is 3. The lowest BCUT2D eigenvalue weighted by atomic mass is 10.1. The summed E-state index contributed by atoms with van der Waals surface area (Å²) in [6, 6.07) is 2.56. The van der Waals surface area contributed by atoms with Gasteiger partial charge in [-0.25, -0.2) is 18.8 Å². The molecule has 0 fully saturated rings. The number of hydrogen-bond acceptors (Lipinski definition) is 5. The summed E-state index contributed by atoms with van der Waals surface area (Å²) in [5.41, 5.74) is 0.914. The fourth-order valence-electron chi connectivity index (χ4n) is 2.82. The Morgan fingerprint density at radius 3 is 2.19 bits per heavy atom. The number of nitrogens with one attached hydrogen (secondary N) is 2. The second kappa shape index (κ2) is 13.2. The number of carbonyl (C=O) groups excluding carboxylic acids is 1. The Bertz CT molecular complexity index is 758. The van der Waals surface area contributed by atoms with Crippen molar-refractivity contribution in [3.05, 3.63) is 35.6 Å². The number of benzene rings is 1. The highest BCUT2D eigenvalue weighted by Crippen LogP contribution is 2.10. The third-order valence-electron chi connectivity index (χ3n) is 4.64. The van der Waals surface area contributed by atoms with Gasteiger partial charge in [0.05, 0.1) is 0 Å². The molecule has 0 saturated carbocycles. The maximum atomic E-state index is 12.9. The van der Waals surface area contributed by atoms with Crippen molar-refractivity contribution in [2.75, 3.05) is 13.6 Å². The summed E-state index contributed by atoms with van der Waals surface area (Å²) in [4.78, 5) is 46.5. The summed E-state index contributed by atoms with van der Waals surface area (Å²) in [5, 5.41) is 32.5. The van der Waals surface area contributed by atoms with Gasteiger partial charge in [0.2, 0.25) is 0 Å². The van der Waals surface area contributed by atoms with Gasteiger partial charge >= 0.3 is 23.9 Å². The van der Waals surface area contributed by atoms with Gasteiger partial charge in [0.25, 0.3) is 0 Å². The minimum absolute atomic E-state index is 0.157. The average Bonchev–Trinajstić information content (AvgIpc) is 2.70. The molecule has 2 atom stereocenters. The molecule has 2 amide bonds. The first-order chi connectivity index (χ1) is 14.6. The number of amides is 2. The highest BCUT2D eigenvalue weighted by molar-refractivity contribution is 5.86. The molecular formula is C20H28FN3O7. The molecule has 0 aliphatic rings. The number of urea groups is 1. The van der Waals surface area contributed by atoms with Crippen molar-refractivity contribution in [2.45, 2.75) is 50.7 Å². The smallest absolute Gasteiger partial charge is 0.326 e. The molecule has 0 radical (unpaired) electrons. The Labute approximate surface area is 179 Å². The van der Waals surface area contributed by atoms with Crippen molar-refractivity contribution in [3.63, 3.8) is 0 Å². The monoisotopic (exact) mass is 441 g/mol. The zero-order valence-electron chi connectivity index (χ0n) is 17.2. The van der Waals surface area contributed by atoms with E-state index in [1.54, 1.807) is 12.1 Å². The molecule has 1 unspecified atom stereocenters. The van der Waals surface area contributed by atoms with E-state index in [0.717, 1.165) is 10.5 Å². The minimum atomic E-state index is -1.43. The summed E-state index contributed by atoms with van der Waals surface area (Å²) in [6.45, 7) is 1.13. The lowest BCUT2D eigenvalue weighted by Crippen LogP contribution is -2.52. The number of halogens is 1. The number of hydrogen-bond donors (Lipinski definition) is 5. The largest absolute Gasteiger partial charge is 0.481 e. The predicted molar refractivity (Wildman–Crippen MR) is 108 cm³/mol. The Kier molecular flexibility index (Phi) is 11.0. The Morgan fingerprint density at radius 1 is 1.00 bits per heavy atom.